The van der Waals surface area contributed by atoms with Crippen LogP contribution in [0.25, 0.3) is 10.8 Å². The van der Waals surface area contributed by atoms with Gasteiger partial charge < -0.3 is 30.5 Å². The van der Waals surface area contributed by atoms with Gasteiger partial charge >= 0.3 is 28.1 Å². The smallest absolute Gasteiger partial charge is 0.358 e. The van der Waals surface area contributed by atoms with Crippen LogP contribution in [0.1, 0.15) is 20.7 Å². The maximum atomic E-state index is 12.8. The number of nitrogens with zero attached hydrogens (tertiary/aromatic N) is 5. The van der Waals surface area contributed by atoms with Crippen molar-refractivity contribution in [1.82, 2.24) is 15.0 Å². The predicted molar refractivity (Wildman–Crippen MR) is 162 cm³/mol. The summed E-state index contributed by atoms with van der Waals surface area (Å²) in [6, 6.07) is 16.7. The minimum Gasteiger partial charge on any atom is -0.505 e. The maximum Gasteiger partial charge on any atom is 0.358 e. The zero-order valence-electron chi connectivity index (χ0n) is 23.6. The third-order valence-electron chi connectivity index (χ3n) is 6.33. The molecule has 0 aliphatic rings. The minimum absolute atomic E-state index is 0.00229. The van der Waals surface area contributed by atoms with Crippen molar-refractivity contribution in [2.75, 3.05) is 10.6 Å². The molecule has 1 aromatic heterocycles. The molecule has 20 heteroatoms. The molecule has 0 unspecified atom stereocenters. The van der Waals surface area contributed by atoms with Crippen molar-refractivity contribution in [2.24, 2.45) is 27.9 Å². The molecule has 0 aliphatic carbocycles. The molecule has 4 aromatic carbocycles. The van der Waals surface area contributed by atoms with Crippen LogP contribution >= 0.6 is 0 Å². The van der Waals surface area contributed by atoms with Crippen LogP contribution in [0.2, 0.25) is 0 Å². The van der Waals surface area contributed by atoms with Gasteiger partial charge in [-0.05, 0) is 41.8 Å². The summed E-state index contributed by atoms with van der Waals surface area (Å²) in [5.41, 5.74) is -0.466. The van der Waals surface area contributed by atoms with Gasteiger partial charge in [0.25, 0.3) is 0 Å². The Kier molecular flexibility index (Phi) is 9.11. The van der Waals surface area contributed by atoms with Gasteiger partial charge in [0.2, 0.25) is 11.9 Å². The summed E-state index contributed by atoms with van der Waals surface area (Å²) < 4.78 is 29.7. The van der Waals surface area contributed by atoms with E-state index in [1.54, 1.807) is 12.1 Å². The minimum atomic E-state index is -4.69. The van der Waals surface area contributed by atoms with Gasteiger partial charge in [0.15, 0.2) is 5.75 Å². The first-order valence-electron chi connectivity index (χ1n) is 12.9. The molecule has 5 rings (SSSR count). The molecule has 5 aromatic rings. The normalized spacial score (nSPS) is 11.4. The number of aromatic hydroxyl groups is 2. The number of carbonyl (C=O) groups excluding carboxylic acids is 2. The lowest BCUT2D eigenvalue weighted by Crippen LogP contribution is -2.13. The number of fused-ring (bicyclic) bond motifs is 1. The summed E-state index contributed by atoms with van der Waals surface area (Å²) in [6.45, 7) is 0. The Morgan fingerprint density at radius 2 is 1.34 bits per heavy atom. The first-order valence-corrected chi connectivity index (χ1v) is 14.3. The Morgan fingerprint density at radius 3 is 2.02 bits per heavy atom. The Hall–Kier alpha value is -6.32. The van der Waals surface area contributed by atoms with Gasteiger partial charge in [0.1, 0.15) is 16.3 Å². The number of hydrogen-bond donors (Lipinski definition) is 7. The SMILES string of the molecule is NOC(=O)c1ccccc1N=Nc1c(S(=O)(=O)ON)cc2cccc(Nc3nc(O)nc(Nc4ccccc4C(=O)ON)n3)c2c1O. The molecule has 0 aliphatic heterocycles. The van der Waals surface area contributed by atoms with Crippen molar-refractivity contribution in [1.29, 1.82) is 0 Å². The first-order chi connectivity index (χ1) is 22.6. The number of anilines is 4. The molecule has 1 heterocycles. The Bertz CT molecular complexity index is 2160. The number of rotatable bonds is 10. The summed E-state index contributed by atoms with van der Waals surface area (Å²) >= 11 is 0. The number of nitrogens with one attached hydrogen (secondary N) is 2. The molecule has 10 N–H and O–H groups in total. The molecule has 19 nitrogen and oxygen atoms in total. The second-order valence-electron chi connectivity index (χ2n) is 9.13. The fourth-order valence-corrected chi connectivity index (χ4v) is 5.04. The van der Waals surface area contributed by atoms with E-state index in [0.29, 0.717) is 0 Å². The zero-order valence-corrected chi connectivity index (χ0v) is 24.4. The standard InChI is InChI=1S/C27H22N10O9S/c28-44-23(39)14-7-1-3-9-16(14)31-25-33-26(35-27(41)34-25)32-18-11-5-6-13-12-19(47(42,43)46-30)21(22(38)20(13)18)37-36-17-10-4-2-8-15(17)24(40)45-29/h1-12,38H,28-30H2,(H3,31,32,33,34,35,41). The molecule has 0 radical (unpaired) electrons. The fourth-order valence-electron chi connectivity index (χ4n) is 4.29. The maximum absolute atomic E-state index is 12.8. The van der Waals surface area contributed by atoms with E-state index in [4.69, 9.17) is 17.7 Å². The van der Waals surface area contributed by atoms with E-state index in [0.717, 1.165) is 6.07 Å². The van der Waals surface area contributed by atoms with Crippen LogP contribution in [0.4, 0.5) is 34.6 Å². The predicted octanol–water partition coefficient (Wildman–Crippen LogP) is 2.98. The summed E-state index contributed by atoms with van der Waals surface area (Å²) in [4.78, 5) is 43.9. The van der Waals surface area contributed by atoms with E-state index in [9.17, 15) is 28.2 Å². The van der Waals surface area contributed by atoms with Gasteiger partial charge in [0.05, 0.1) is 22.5 Å². The van der Waals surface area contributed by atoms with Crippen LogP contribution in [0, 0.1) is 0 Å². The van der Waals surface area contributed by atoms with Crippen molar-refractivity contribution in [3.05, 3.63) is 83.9 Å². The van der Waals surface area contributed by atoms with Gasteiger partial charge in [-0.25, -0.2) is 9.59 Å². The second kappa shape index (κ2) is 13.4. The van der Waals surface area contributed by atoms with Crippen LogP contribution in [0.3, 0.4) is 0 Å². The van der Waals surface area contributed by atoms with Crippen molar-refractivity contribution in [2.45, 2.75) is 4.90 Å². The average Bonchev–Trinajstić information content (AvgIpc) is 3.07. The quantitative estimate of drug-likeness (QED) is 0.0834. The number of phenols is 1. The molecule has 0 spiro atoms. The van der Waals surface area contributed by atoms with Gasteiger partial charge in [-0.15, -0.1) is 10.2 Å². The van der Waals surface area contributed by atoms with Crippen molar-refractivity contribution in [3.8, 4) is 11.8 Å². The molecule has 0 amide bonds. The number of carbonyl (C=O) groups is 2. The van der Waals surface area contributed by atoms with Crippen molar-refractivity contribution < 1.29 is 42.2 Å². The lowest BCUT2D eigenvalue weighted by Gasteiger charge is -2.14. The third kappa shape index (κ3) is 6.70. The summed E-state index contributed by atoms with van der Waals surface area (Å²) in [6.07, 6.45) is 0. The molecule has 0 atom stereocenters. The van der Waals surface area contributed by atoms with E-state index in [-0.39, 0.29) is 50.9 Å². The van der Waals surface area contributed by atoms with E-state index in [1.165, 1.54) is 54.6 Å². The highest BCUT2D eigenvalue weighted by Crippen LogP contribution is 2.45. The highest BCUT2D eigenvalue weighted by molar-refractivity contribution is 7.86. The number of nitrogens with two attached hydrogens (primary N) is 3. The highest BCUT2D eigenvalue weighted by atomic mass is 32.2. The van der Waals surface area contributed by atoms with E-state index >= 15 is 0 Å². The number of phenolic OH excluding ortho intramolecular Hbond substituents is 1. The van der Waals surface area contributed by atoms with Gasteiger partial charge in [-0.2, -0.15) is 45.3 Å². The monoisotopic (exact) mass is 662 g/mol. The second-order valence-corrected chi connectivity index (χ2v) is 10.7. The summed E-state index contributed by atoms with van der Waals surface area (Å²) in [7, 11) is -4.69. The number of benzene rings is 4. The van der Waals surface area contributed by atoms with E-state index in [2.05, 4.69) is 49.8 Å². The highest BCUT2D eigenvalue weighted by Gasteiger charge is 2.26. The molecule has 0 saturated carbocycles. The van der Waals surface area contributed by atoms with Crippen LogP contribution in [-0.4, -0.2) is 45.5 Å². The number of azo groups is 1. The molecule has 47 heavy (non-hydrogen) atoms. The number of para-hydroxylation sites is 1. The molecule has 0 saturated heterocycles. The molecular weight excluding hydrogens is 640 g/mol. The lowest BCUT2D eigenvalue weighted by atomic mass is 10.1. The zero-order chi connectivity index (χ0) is 33.7. The topological polar surface area (TPSA) is 302 Å². The fraction of sp³-hybridized carbons (Fsp3) is 0. The molecule has 0 fully saturated rings. The largest absolute Gasteiger partial charge is 0.505 e. The Balaban J connectivity index is 1.60. The summed E-state index contributed by atoms with van der Waals surface area (Å²) in [5.74, 6) is 12.1. The molecular formula is C27H22N10O9S. The Morgan fingerprint density at radius 1 is 0.745 bits per heavy atom. The van der Waals surface area contributed by atoms with Gasteiger partial charge in [-0.3, -0.25) is 0 Å². The van der Waals surface area contributed by atoms with Crippen LogP contribution < -0.4 is 28.3 Å². The van der Waals surface area contributed by atoms with Gasteiger partial charge in [0, 0.05) is 5.39 Å². The molecule has 0 bridgehead atoms. The average molecular weight is 663 g/mol. The first kappa shape index (κ1) is 32.1. The van der Waals surface area contributed by atoms with Crippen LogP contribution in [0.5, 0.6) is 11.8 Å². The van der Waals surface area contributed by atoms with E-state index in [1.807, 2.05) is 0 Å². The van der Waals surface area contributed by atoms with Crippen molar-refractivity contribution in [3.63, 3.8) is 0 Å². The third-order valence-corrected chi connectivity index (χ3v) is 7.44. The van der Waals surface area contributed by atoms with Crippen molar-refractivity contribution >= 4 is 67.5 Å². The molecule has 240 valence electrons. The number of hydrogen-bond acceptors (Lipinski definition) is 19. The summed E-state index contributed by atoms with van der Waals surface area (Å²) in [5, 5.41) is 35.2. The number of aromatic nitrogens is 3. The van der Waals surface area contributed by atoms with Crippen LogP contribution in [-0.2, 0) is 24.1 Å². The van der Waals surface area contributed by atoms with Gasteiger partial charge in [-0.1, -0.05) is 36.4 Å². The van der Waals surface area contributed by atoms with Crippen LogP contribution in [0.15, 0.2) is 87.9 Å². The lowest BCUT2D eigenvalue weighted by molar-refractivity contribution is 0.0496. The Labute approximate surface area is 263 Å². The van der Waals surface area contributed by atoms with E-state index < -0.39 is 44.4 Å².